The number of hydrogen-bond acceptors (Lipinski definition) is 3. The summed E-state index contributed by atoms with van der Waals surface area (Å²) in [4.78, 5) is 13.0. The van der Waals surface area contributed by atoms with E-state index in [2.05, 4.69) is 19.2 Å². The van der Waals surface area contributed by atoms with E-state index in [4.69, 9.17) is 16.3 Å². The van der Waals surface area contributed by atoms with E-state index in [9.17, 15) is 4.79 Å². The molecule has 1 unspecified atom stereocenters. The molecule has 0 spiro atoms. The van der Waals surface area contributed by atoms with Crippen molar-refractivity contribution in [3.8, 4) is 0 Å². The molecule has 0 aliphatic carbocycles. The minimum atomic E-state index is 0.126. The maximum Gasteiger partial charge on any atom is 0.220 e. The fraction of sp³-hybridized carbons (Fsp3) is 0.667. The number of nitrogens with one attached hydrogen (secondary N) is 1. The van der Waals surface area contributed by atoms with Crippen LogP contribution in [0.5, 0.6) is 0 Å². The lowest BCUT2D eigenvalue weighted by molar-refractivity contribution is -0.121. The third kappa shape index (κ3) is 5.08. The number of thiophene rings is 1. The van der Waals surface area contributed by atoms with Gasteiger partial charge in [0.05, 0.1) is 16.5 Å². The molecule has 2 rings (SSSR count). The molecule has 1 fully saturated rings. The zero-order chi connectivity index (χ0) is 14.5. The minimum absolute atomic E-state index is 0.126. The first kappa shape index (κ1) is 15.8. The van der Waals surface area contributed by atoms with Gasteiger partial charge in [0.2, 0.25) is 5.91 Å². The summed E-state index contributed by atoms with van der Waals surface area (Å²) in [5, 5.41) is 3.05. The number of carbonyl (C=O) groups excluding carboxylic acids is 1. The summed E-state index contributed by atoms with van der Waals surface area (Å²) in [6, 6.07) is 3.87. The summed E-state index contributed by atoms with van der Waals surface area (Å²) in [7, 11) is 0. The molecule has 2 heterocycles. The summed E-state index contributed by atoms with van der Waals surface area (Å²) in [6.07, 6.45) is 3.97. The third-order valence-corrected chi connectivity index (χ3v) is 4.90. The first-order valence-electron chi connectivity index (χ1n) is 7.19. The van der Waals surface area contributed by atoms with E-state index in [0.29, 0.717) is 24.5 Å². The SMILES string of the molecule is C[C@@H]1CC(CNC(=O)CCc2ccc(Cl)s2)C[C@H](C)O1. The molecule has 112 valence electrons. The Kier molecular flexibility index (Phi) is 5.87. The topological polar surface area (TPSA) is 38.3 Å². The van der Waals surface area contributed by atoms with Gasteiger partial charge in [-0.3, -0.25) is 4.79 Å². The Bertz CT molecular complexity index is 439. The molecular weight excluding hydrogens is 294 g/mol. The third-order valence-electron chi connectivity index (χ3n) is 3.61. The highest BCUT2D eigenvalue weighted by molar-refractivity contribution is 7.16. The van der Waals surface area contributed by atoms with Gasteiger partial charge in [0.1, 0.15) is 0 Å². The average Bonchev–Trinajstić information content (AvgIpc) is 2.79. The molecule has 1 aromatic rings. The fourth-order valence-electron chi connectivity index (χ4n) is 2.78. The van der Waals surface area contributed by atoms with Crippen molar-refractivity contribution < 1.29 is 9.53 Å². The molecule has 1 amide bonds. The number of amides is 1. The van der Waals surface area contributed by atoms with Crippen LogP contribution in [0.4, 0.5) is 0 Å². The Labute approximate surface area is 129 Å². The first-order chi connectivity index (χ1) is 9.52. The molecule has 5 heteroatoms. The summed E-state index contributed by atoms with van der Waals surface area (Å²) in [5.41, 5.74) is 0. The average molecular weight is 316 g/mol. The van der Waals surface area contributed by atoms with Crippen LogP contribution in [0.2, 0.25) is 4.34 Å². The Morgan fingerprint density at radius 1 is 1.40 bits per heavy atom. The number of ether oxygens (including phenoxy) is 1. The lowest BCUT2D eigenvalue weighted by Gasteiger charge is -2.32. The second-order valence-electron chi connectivity index (χ2n) is 5.60. The van der Waals surface area contributed by atoms with Crippen LogP contribution >= 0.6 is 22.9 Å². The molecule has 0 saturated carbocycles. The smallest absolute Gasteiger partial charge is 0.220 e. The Hall–Kier alpha value is -0.580. The van der Waals surface area contributed by atoms with E-state index in [1.54, 1.807) is 11.3 Å². The van der Waals surface area contributed by atoms with E-state index < -0.39 is 0 Å². The Morgan fingerprint density at radius 3 is 2.70 bits per heavy atom. The number of hydrogen-bond donors (Lipinski definition) is 1. The van der Waals surface area contributed by atoms with Crippen molar-refractivity contribution >= 4 is 28.8 Å². The molecule has 20 heavy (non-hydrogen) atoms. The van der Waals surface area contributed by atoms with Crippen molar-refractivity contribution in [3.05, 3.63) is 21.3 Å². The Morgan fingerprint density at radius 2 is 2.10 bits per heavy atom. The quantitative estimate of drug-likeness (QED) is 0.900. The van der Waals surface area contributed by atoms with Crippen LogP contribution in [0.3, 0.4) is 0 Å². The van der Waals surface area contributed by atoms with Crippen molar-refractivity contribution in [2.75, 3.05) is 6.54 Å². The van der Waals surface area contributed by atoms with Gasteiger partial charge in [-0.1, -0.05) is 11.6 Å². The van der Waals surface area contributed by atoms with Crippen LogP contribution in [-0.4, -0.2) is 24.7 Å². The molecule has 1 N–H and O–H groups in total. The molecule has 3 nitrogen and oxygen atoms in total. The van der Waals surface area contributed by atoms with Gasteiger partial charge in [-0.05, 0) is 51.2 Å². The van der Waals surface area contributed by atoms with Gasteiger partial charge in [-0.2, -0.15) is 0 Å². The van der Waals surface area contributed by atoms with Gasteiger partial charge in [-0.25, -0.2) is 0 Å². The van der Waals surface area contributed by atoms with E-state index in [0.717, 1.165) is 30.1 Å². The molecule has 1 aliphatic rings. The molecule has 1 aliphatic heterocycles. The highest BCUT2D eigenvalue weighted by atomic mass is 35.5. The van der Waals surface area contributed by atoms with Crippen LogP contribution in [-0.2, 0) is 16.0 Å². The Balaban J connectivity index is 1.67. The summed E-state index contributed by atoms with van der Waals surface area (Å²) in [5.74, 6) is 0.662. The van der Waals surface area contributed by atoms with Gasteiger partial charge in [0.15, 0.2) is 0 Å². The predicted molar refractivity (Wildman–Crippen MR) is 83.4 cm³/mol. The summed E-state index contributed by atoms with van der Waals surface area (Å²) < 4.78 is 6.49. The van der Waals surface area contributed by atoms with Gasteiger partial charge < -0.3 is 10.1 Å². The zero-order valence-corrected chi connectivity index (χ0v) is 13.6. The van der Waals surface area contributed by atoms with Gasteiger partial charge >= 0.3 is 0 Å². The van der Waals surface area contributed by atoms with Gasteiger partial charge in [-0.15, -0.1) is 11.3 Å². The maximum absolute atomic E-state index is 11.9. The van der Waals surface area contributed by atoms with Crippen molar-refractivity contribution in [3.63, 3.8) is 0 Å². The predicted octanol–water partition coefficient (Wildman–Crippen LogP) is 3.65. The van der Waals surface area contributed by atoms with Crippen LogP contribution in [0.25, 0.3) is 0 Å². The number of halogens is 1. The molecule has 0 aromatic carbocycles. The van der Waals surface area contributed by atoms with Crippen LogP contribution in [0.15, 0.2) is 12.1 Å². The number of aryl methyl sites for hydroxylation is 1. The van der Waals surface area contributed by atoms with Crippen LogP contribution in [0.1, 0.15) is 38.0 Å². The normalized spacial score (nSPS) is 26.4. The molecule has 0 radical (unpaired) electrons. The van der Waals surface area contributed by atoms with E-state index in [1.807, 2.05) is 12.1 Å². The fourth-order valence-corrected chi connectivity index (χ4v) is 3.87. The monoisotopic (exact) mass is 315 g/mol. The number of carbonyl (C=O) groups is 1. The lowest BCUT2D eigenvalue weighted by Crippen LogP contribution is -2.37. The van der Waals surface area contributed by atoms with Crippen molar-refractivity contribution in [2.45, 2.75) is 51.7 Å². The maximum atomic E-state index is 11.9. The van der Waals surface area contributed by atoms with Gasteiger partial charge in [0.25, 0.3) is 0 Å². The molecule has 3 atom stereocenters. The second kappa shape index (κ2) is 7.43. The van der Waals surface area contributed by atoms with Crippen LogP contribution in [0, 0.1) is 5.92 Å². The zero-order valence-electron chi connectivity index (χ0n) is 12.0. The molecular formula is C15H22ClNO2S. The summed E-state index contributed by atoms with van der Waals surface area (Å²) in [6.45, 7) is 4.97. The van der Waals surface area contributed by atoms with Crippen molar-refractivity contribution in [1.82, 2.24) is 5.32 Å². The second-order valence-corrected chi connectivity index (χ2v) is 7.40. The van der Waals surface area contributed by atoms with E-state index >= 15 is 0 Å². The lowest BCUT2D eigenvalue weighted by atomic mass is 9.92. The highest BCUT2D eigenvalue weighted by Crippen LogP contribution is 2.24. The van der Waals surface area contributed by atoms with Crippen molar-refractivity contribution in [2.24, 2.45) is 5.92 Å². The molecule has 1 aromatic heterocycles. The van der Waals surface area contributed by atoms with E-state index in [-0.39, 0.29) is 5.91 Å². The van der Waals surface area contributed by atoms with Gasteiger partial charge in [0, 0.05) is 17.8 Å². The first-order valence-corrected chi connectivity index (χ1v) is 8.38. The largest absolute Gasteiger partial charge is 0.376 e. The van der Waals surface area contributed by atoms with Crippen molar-refractivity contribution in [1.29, 1.82) is 0 Å². The minimum Gasteiger partial charge on any atom is -0.376 e. The summed E-state index contributed by atoms with van der Waals surface area (Å²) >= 11 is 7.42. The van der Waals surface area contributed by atoms with E-state index in [1.165, 1.54) is 4.88 Å². The standard InChI is InChI=1S/C15H22ClNO2S/c1-10-7-12(8-11(2)19-10)9-17-15(18)6-4-13-3-5-14(16)20-13/h3,5,10-12H,4,6-9H2,1-2H3,(H,17,18)/t10-,11+,12?. The van der Waals surface area contributed by atoms with Crippen LogP contribution < -0.4 is 5.32 Å². The highest BCUT2D eigenvalue weighted by Gasteiger charge is 2.24. The molecule has 0 bridgehead atoms. The number of rotatable bonds is 5. The molecule has 1 saturated heterocycles.